The molecule has 0 radical (unpaired) electrons. The predicted molar refractivity (Wildman–Crippen MR) is 135 cm³/mol. The average molecular weight is 414 g/mol. The lowest BCUT2D eigenvalue weighted by atomic mass is 9.87. The van der Waals surface area contributed by atoms with E-state index in [1.165, 1.54) is 0 Å². The first-order valence-electron chi connectivity index (χ1n) is 12.2. The van der Waals surface area contributed by atoms with Crippen molar-refractivity contribution in [2.24, 2.45) is 0 Å². The molecule has 154 valence electrons. The molecule has 6 rings (SSSR count). The molecule has 0 amide bonds. The number of nitrogens with zero attached hydrogens (tertiary/aromatic N) is 1. The highest BCUT2D eigenvalue weighted by Crippen LogP contribution is 2.44. The maximum absolute atomic E-state index is 8.87. The highest BCUT2D eigenvalue weighted by atomic mass is 15.2. The van der Waals surface area contributed by atoms with Gasteiger partial charge >= 0.3 is 0 Å². The third kappa shape index (κ3) is 3.05. The molecule has 0 spiro atoms. The van der Waals surface area contributed by atoms with E-state index < -0.39 is 7.00 Å². The standard InChI is InChI=1S/C31H25N/c1-32(30-26-14-6-2-10-22(26)18-19-23-11-3-7-15-27(23)30)31-28-16-8-4-12-24(28)20-21-25-13-5-9-17-29(25)31/h2-21,30-31H,1H3/i1D2. The molecule has 0 aromatic heterocycles. The molecule has 0 fully saturated rings. The Kier molecular flexibility index (Phi) is 4.12. The summed E-state index contributed by atoms with van der Waals surface area (Å²) in [6, 6.07) is 33.1. The van der Waals surface area contributed by atoms with Crippen molar-refractivity contribution in [3.63, 3.8) is 0 Å². The summed E-state index contributed by atoms with van der Waals surface area (Å²) in [7, 11) is 0. The molecular formula is C31H25N. The van der Waals surface area contributed by atoms with Gasteiger partial charge in [0.1, 0.15) is 0 Å². The van der Waals surface area contributed by atoms with Crippen molar-refractivity contribution < 1.29 is 2.74 Å². The summed E-state index contributed by atoms with van der Waals surface area (Å²) >= 11 is 0. The molecule has 0 N–H and O–H groups in total. The molecule has 2 aliphatic rings. The van der Waals surface area contributed by atoms with Crippen molar-refractivity contribution in [3.8, 4) is 0 Å². The van der Waals surface area contributed by atoms with Crippen molar-refractivity contribution >= 4 is 24.3 Å². The van der Waals surface area contributed by atoms with Gasteiger partial charge in [0.05, 0.1) is 12.1 Å². The molecule has 4 aromatic carbocycles. The van der Waals surface area contributed by atoms with E-state index in [0.717, 1.165) is 44.5 Å². The summed E-state index contributed by atoms with van der Waals surface area (Å²) in [6.45, 7) is -1.19. The van der Waals surface area contributed by atoms with Gasteiger partial charge in [-0.15, -0.1) is 0 Å². The Labute approximate surface area is 192 Å². The smallest absolute Gasteiger partial charge is 0.0618 e. The molecule has 0 heterocycles. The third-order valence-electron chi connectivity index (χ3n) is 6.64. The first-order valence-corrected chi connectivity index (χ1v) is 11.1. The highest BCUT2D eigenvalue weighted by molar-refractivity contribution is 5.78. The van der Waals surface area contributed by atoms with Gasteiger partial charge in [-0.3, -0.25) is 4.90 Å². The number of hydrogen-bond acceptors (Lipinski definition) is 1. The van der Waals surface area contributed by atoms with Crippen LogP contribution in [0.5, 0.6) is 0 Å². The van der Waals surface area contributed by atoms with Crippen molar-refractivity contribution in [1.29, 1.82) is 0 Å². The Morgan fingerprint density at radius 1 is 0.469 bits per heavy atom. The van der Waals surface area contributed by atoms with Crippen LogP contribution in [0, 0.1) is 0 Å². The molecule has 32 heavy (non-hydrogen) atoms. The second kappa shape index (κ2) is 7.78. The van der Waals surface area contributed by atoms with Gasteiger partial charge in [-0.2, -0.15) is 0 Å². The maximum atomic E-state index is 8.87. The fourth-order valence-corrected chi connectivity index (χ4v) is 5.13. The minimum atomic E-state index is -1.19. The molecule has 2 aliphatic carbocycles. The van der Waals surface area contributed by atoms with E-state index in [4.69, 9.17) is 2.74 Å². The second-order valence-electron chi connectivity index (χ2n) is 8.43. The maximum Gasteiger partial charge on any atom is 0.0618 e. The summed E-state index contributed by atoms with van der Waals surface area (Å²) in [5, 5.41) is 0. The Bertz CT molecular complexity index is 1210. The van der Waals surface area contributed by atoms with Crippen LogP contribution in [0.1, 0.15) is 59.3 Å². The second-order valence-corrected chi connectivity index (χ2v) is 8.43. The van der Waals surface area contributed by atoms with Crippen LogP contribution in [0.2, 0.25) is 0 Å². The SMILES string of the molecule is [2H]C([2H])N(C1c2ccccc2C=Cc2ccccc21)C1c2ccccc2C=Cc2ccccc21. The Morgan fingerprint density at radius 2 is 0.750 bits per heavy atom. The van der Waals surface area contributed by atoms with Crippen molar-refractivity contribution in [1.82, 2.24) is 4.90 Å². The van der Waals surface area contributed by atoms with Crippen LogP contribution in [0.15, 0.2) is 97.1 Å². The van der Waals surface area contributed by atoms with Crippen molar-refractivity contribution in [2.45, 2.75) is 12.1 Å². The minimum absolute atomic E-state index is 0.244. The molecule has 0 saturated carbocycles. The zero-order chi connectivity index (χ0) is 23.1. The molecule has 0 saturated heterocycles. The van der Waals surface area contributed by atoms with Crippen LogP contribution < -0.4 is 0 Å². The number of benzene rings is 4. The molecule has 1 heteroatoms. The van der Waals surface area contributed by atoms with Gasteiger partial charge in [-0.1, -0.05) is 121 Å². The number of rotatable bonds is 2. The largest absolute Gasteiger partial charge is 0.284 e. The van der Waals surface area contributed by atoms with E-state index >= 15 is 0 Å². The zero-order valence-electron chi connectivity index (χ0n) is 19.7. The van der Waals surface area contributed by atoms with Gasteiger partial charge in [-0.05, 0) is 51.5 Å². The fraction of sp³-hybridized carbons (Fsp3) is 0.0968. The van der Waals surface area contributed by atoms with Crippen LogP contribution in [0.25, 0.3) is 24.3 Å². The Hall–Kier alpha value is -3.68. The van der Waals surface area contributed by atoms with E-state index in [-0.39, 0.29) is 12.1 Å². The summed E-state index contributed by atoms with van der Waals surface area (Å²) in [6.07, 6.45) is 8.63. The summed E-state index contributed by atoms with van der Waals surface area (Å²) in [5.74, 6) is 0. The minimum Gasteiger partial charge on any atom is -0.284 e. The quantitative estimate of drug-likeness (QED) is 0.329. The van der Waals surface area contributed by atoms with Gasteiger partial charge in [0.2, 0.25) is 0 Å². The number of fused-ring (bicyclic) bond motifs is 4. The lowest BCUT2D eigenvalue weighted by molar-refractivity contribution is 0.228. The Balaban J connectivity index is 1.65. The Morgan fingerprint density at radius 3 is 1.03 bits per heavy atom. The monoisotopic (exact) mass is 413 g/mol. The molecule has 1 nitrogen and oxygen atoms in total. The number of hydrogen-bond donors (Lipinski definition) is 0. The van der Waals surface area contributed by atoms with E-state index in [1.54, 1.807) is 0 Å². The summed E-state index contributed by atoms with van der Waals surface area (Å²) in [5.41, 5.74) is 9.01. The van der Waals surface area contributed by atoms with Crippen LogP contribution in [-0.2, 0) is 0 Å². The molecule has 0 bridgehead atoms. The van der Waals surface area contributed by atoms with Crippen LogP contribution in [0.3, 0.4) is 0 Å². The molecular weight excluding hydrogens is 386 g/mol. The summed E-state index contributed by atoms with van der Waals surface area (Å²) in [4.78, 5) is 2.06. The van der Waals surface area contributed by atoms with Crippen LogP contribution in [-0.4, -0.2) is 11.9 Å². The lowest BCUT2D eigenvalue weighted by Crippen LogP contribution is -2.32. The molecule has 0 unspecified atom stereocenters. The van der Waals surface area contributed by atoms with Crippen molar-refractivity contribution in [2.75, 3.05) is 7.00 Å². The van der Waals surface area contributed by atoms with Gasteiger partial charge in [-0.25, -0.2) is 0 Å². The summed E-state index contributed by atoms with van der Waals surface area (Å²) < 4.78 is 17.7. The topological polar surface area (TPSA) is 3.24 Å². The van der Waals surface area contributed by atoms with E-state index in [2.05, 4.69) is 126 Å². The first-order chi connectivity index (χ1) is 16.7. The van der Waals surface area contributed by atoms with Gasteiger partial charge in [0, 0.05) is 2.74 Å². The van der Waals surface area contributed by atoms with Gasteiger partial charge in [0.25, 0.3) is 0 Å². The molecule has 4 aromatic rings. The average Bonchev–Trinajstić information content (AvgIpc) is 3.14. The highest BCUT2D eigenvalue weighted by Gasteiger charge is 2.33. The van der Waals surface area contributed by atoms with E-state index in [0.29, 0.717) is 0 Å². The molecule has 0 aliphatic heterocycles. The first kappa shape index (κ1) is 16.9. The van der Waals surface area contributed by atoms with Gasteiger partial charge < -0.3 is 0 Å². The van der Waals surface area contributed by atoms with Gasteiger partial charge in [0.15, 0.2) is 0 Å². The van der Waals surface area contributed by atoms with Crippen LogP contribution >= 0.6 is 0 Å². The molecule has 0 atom stereocenters. The third-order valence-corrected chi connectivity index (χ3v) is 6.64. The zero-order valence-corrected chi connectivity index (χ0v) is 17.7. The predicted octanol–water partition coefficient (Wildman–Crippen LogP) is 7.47. The van der Waals surface area contributed by atoms with E-state index in [9.17, 15) is 0 Å². The van der Waals surface area contributed by atoms with Crippen molar-refractivity contribution in [3.05, 3.63) is 142 Å². The van der Waals surface area contributed by atoms with Crippen LogP contribution in [0.4, 0.5) is 0 Å². The van der Waals surface area contributed by atoms with E-state index in [1.807, 2.05) is 0 Å². The normalized spacial score (nSPS) is 15.8. The lowest BCUT2D eigenvalue weighted by Gasteiger charge is -2.38. The fourth-order valence-electron chi connectivity index (χ4n) is 5.13.